The van der Waals surface area contributed by atoms with E-state index in [0.717, 1.165) is 33.8 Å². The molecule has 5 aromatic rings. The van der Waals surface area contributed by atoms with Crippen molar-refractivity contribution in [3.05, 3.63) is 137 Å². The van der Waals surface area contributed by atoms with Gasteiger partial charge in [-0.25, -0.2) is 0 Å². The van der Waals surface area contributed by atoms with Crippen LogP contribution in [-0.4, -0.2) is 10.5 Å². The van der Waals surface area contributed by atoms with Crippen molar-refractivity contribution in [3.63, 3.8) is 0 Å². The standard InChI is InChI=1S/C32H22ClN3O/c33-27-16-18-28(19-17-27)35-32(37)26(22-34)20-25-21-30(23-10-4-1-5-11-23)36(29-14-8-3-9-15-29)31(25)24-12-6-2-7-13-24/h1-21H,(H,35,37)/b26-20+. The third-order valence-corrected chi connectivity index (χ3v) is 6.18. The monoisotopic (exact) mass is 499 g/mol. The molecule has 0 aliphatic carbocycles. The molecule has 4 aromatic carbocycles. The molecule has 5 rings (SSSR count). The van der Waals surface area contributed by atoms with Crippen molar-refractivity contribution < 1.29 is 4.79 Å². The normalized spacial score (nSPS) is 11.1. The maximum absolute atomic E-state index is 13.1. The fourth-order valence-electron chi connectivity index (χ4n) is 4.23. The molecular weight excluding hydrogens is 478 g/mol. The number of hydrogen-bond acceptors (Lipinski definition) is 2. The Bertz CT molecular complexity index is 1600. The lowest BCUT2D eigenvalue weighted by Crippen LogP contribution is -2.13. The van der Waals surface area contributed by atoms with E-state index in [1.165, 1.54) is 0 Å². The number of aromatic nitrogens is 1. The molecule has 0 fully saturated rings. The number of nitriles is 1. The third-order valence-electron chi connectivity index (χ3n) is 5.93. The molecule has 1 aromatic heterocycles. The van der Waals surface area contributed by atoms with Gasteiger partial charge in [0.1, 0.15) is 11.6 Å². The molecule has 4 nitrogen and oxygen atoms in total. The third kappa shape index (κ3) is 5.23. The number of nitrogens with one attached hydrogen (secondary N) is 1. The van der Waals surface area contributed by atoms with Gasteiger partial charge in [-0.3, -0.25) is 4.79 Å². The van der Waals surface area contributed by atoms with Crippen LogP contribution in [0.15, 0.2) is 127 Å². The number of carbonyl (C=O) groups excluding carboxylic acids is 1. The molecule has 178 valence electrons. The average molecular weight is 500 g/mol. The number of carbonyl (C=O) groups is 1. The largest absolute Gasteiger partial charge is 0.321 e. The predicted molar refractivity (Wildman–Crippen MR) is 150 cm³/mol. The summed E-state index contributed by atoms with van der Waals surface area (Å²) in [6.45, 7) is 0. The predicted octanol–water partition coefficient (Wildman–Crippen LogP) is 8.01. The molecule has 37 heavy (non-hydrogen) atoms. The Labute approximate surface area is 220 Å². The molecule has 0 unspecified atom stereocenters. The van der Waals surface area contributed by atoms with Crippen LogP contribution >= 0.6 is 11.6 Å². The van der Waals surface area contributed by atoms with Gasteiger partial charge in [-0.2, -0.15) is 5.26 Å². The number of nitrogens with zero attached hydrogens (tertiary/aromatic N) is 2. The maximum atomic E-state index is 13.1. The van der Waals surface area contributed by atoms with E-state index in [4.69, 9.17) is 11.6 Å². The van der Waals surface area contributed by atoms with Crippen LogP contribution in [0.4, 0.5) is 5.69 Å². The minimum Gasteiger partial charge on any atom is -0.321 e. The summed E-state index contributed by atoms with van der Waals surface area (Å²) in [6, 6.07) is 41.0. The summed E-state index contributed by atoms with van der Waals surface area (Å²) >= 11 is 5.96. The van der Waals surface area contributed by atoms with Gasteiger partial charge in [-0.1, -0.05) is 90.5 Å². The minimum absolute atomic E-state index is 0.00282. The molecule has 0 saturated heterocycles. The van der Waals surface area contributed by atoms with Gasteiger partial charge in [0.2, 0.25) is 0 Å². The van der Waals surface area contributed by atoms with E-state index in [1.807, 2.05) is 84.9 Å². The molecule has 1 amide bonds. The Balaban J connectivity index is 1.70. The number of benzene rings is 4. The van der Waals surface area contributed by atoms with Gasteiger partial charge in [0.05, 0.1) is 11.4 Å². The van der Waals surface area contributed by atoms with E-state index in [0.29, 0.717) is 10.7 Å². The smallest absolute Gasteiger partial charge is 0.266 e. The van der Waals surface area contributed by atoms with E-state index in [1.54, 1.807) is 30.3 Å². The van der Waals surface area contributed by atoms with Crippen LogP contribution < -0.4 is 5.32 Å². The van der Waals surface area contributed by atoms with Crippen LogP contribution in [0.1, 0.15) is 5.56 Å². The lowest BCUT2D eigenvalue weighted by molar-refractivity contribution is -0.112. The van der Waals surface area contributed by atoms with Crippen LogP contribution in [-0.2, 0) is 4.79 Å². The van der Waals surface area contributed by atoms with E-state index in [-0.39, 0.29) is 5.57 Å². The molecule has 0 radical (unpaired) electrons. The van der Waals surface area contributed by atoms with E-state index in [9.17, 15) is 10.1 Å². The first-order chi connectivity index (χ1) is 18.1. The second-order valence-electron chi connectivity index (χ2n) is 8.37. The second-order valence-corrected chi connectivity index (χ2v) is 8.80. The zero-order chi connectivity index (χ0) is 25.6. The van der Waals surface area contributed by atoms with E-state index >= 15 is 0 Å². The zero-order valence-corrected chi connectivity index (χ0v) is 20.6. The summed E-state index contributed by atoms with van der Waals surface area (Å²) in [5.74, 6) is -0.488. The first-order valence-corrected chi connectivity index (χ1v) is 12.1. The van der Waals surface area contributed by atoms with Gasteiger partial charge in [0.25, 0.3) is 5.91 Å². The van der Waals surface area contributed by atoms with E-state index in [2.05, 4.69) is 28.1 Å². The summed E-state index contributed by atoms with van der Waals surface area (Å²) in [7, 11) is 0. The molecule has 0 bridgehead atoms. The van der Waals surface area contributed by atoms with E-state index < -0.39 is 5.91 Å². The van der Waals surface area contributed by atoms with Crippen LogP contribution in [0.5, 0.6) is 0 Å². The quantitative estimate of drug-likeness (QED) is 0.190. The van der Waals surface area contributed by atoms with Crippen molar-refractivity contribution in [3.8, 4) is 34.3 Å². The van der Waals surface area contributed by atoms with Gasteiger partial charge in [0, 0.05) is 22.0 Å². The Morgan fingerprint density at radius 2 is 1.35 bits per heavy atom. The Kier molecular flexibility index (Phi) is 6.98. The van der Waals surface area contributed by atoms with Gasteiger partial charge in [0.15, 0.2) is 0 Å². The highest BCUT2D eigenvalue weighted by Gasteiger charge is 2.20. The summed E-state index contributed by atoms with van der Waals surface area (Å²) in [4.78, 5) is 13.1. The first-order valence-electron chi connectivity index (χ1n) is 11.7. The van der Waals surface area contributed by atoms with Crippen LogP contribution in [0.25, 0.3) is 34.3 Å². The molecular formula is C32H22ClN3O. The average Bonchev–Trinajstić information content (AvgIpc) is 3.33. The van der Waals surface area contributed by atoms with Crippen LogP contribution in [0, 0.1) is 11.3 Å². The lowest BCUT2D eigenvalue weighted by atomic mass is 10.0. The van der Waals surface area contributed by atoms with Crippen molar-refractivity contribution in [1.82, 2.24) is 4.57 Å². The number of halogens is 1. The summed E-state index contributed by atoms with van der Waals surface area (Å²) in [5, 5.41) is 13.3. The highest BCUT2D eigenvalue weighted by atomic mass is 35.5. The van der Waals surface area contributed by atoms with Crippen LogP contribution in [0.2, 0.25) is 5.02 Å². The fourth-order valence-corrected chi connectivity index (χ4v) is 4.36. The number of hydrogen-bond donors (Lipinski definition) is 1. The number of rotatable bonds is 6. The van der Waals surface area contributed by atoms with Crippen molar-refractivity contribution in [2.24, 2.45) is 0 Å². The van der Waals surface area contributed by atoms with Crippen molar-refractivity contribution in [2.75, 3.05) is 5.32 Å². The zero-order valence-electron chi connectivity index (χ0n) is 19.8. The van der Waals surface area contributed by atoms with Crippen LogP contribution in [0.3, 0.4) is 0 Å². The molecule has 0 saturated carbocycles. The van der Waals surface area contributed by atoms with Crippen molar-refractivity contribution in [2.45, 2.75) is 0 Å². The number of anilines is 1. The maximum Gasteiger partial charge on any atom is 0.266 e. The highest BCUT2D eigenvalue weighted by molar-refractivity contribution is 6.30. The highest BCUT2D eigenvalue weighted by Crippen LogP contribution is 2.37. The molecule has 0 spiro atoms. The molecule has 5 heteroatoms. The Hall–Kier alpha value is -4.85. The molecule has 0 aliphatic rings. The molecule has 0 aliphatic heterocycles. The molecule has 0 atom stereocenters. The summed E-state index contributed by atoms with van der Waals surface area (Å²) in [5.41, 5.74) is 6.12. The molecule has 1 N–H and O–H groups in total. The fraction of sp³-hybridized carbons (Fsp3) is 0. The summed E-state index contributed by atoms with van der Waals surface area (Å²) in [6.07, 6.45) is 1.65. The first kappa shape index (κ1) is 23.9. The summed E-state index contributed by atoms with van der Waals surface area (Å²) < 4.78 is 2.17. The lowest BCUT2D eigenvalue weighted by Gasteiger charge is -2.15. The van der Waals surface area contributed by atoms with Gasteiger partial charge < -0.3 is 9.88 Å². The number of para-hydroxylation sites is 1. The Morgan fingerprint density at radius 3 is 1.95 bits per heavy atom. The van der Waals surface area contributed by atoms with Crippen molar-refractivity contribution in [1.29, 1.82) is 5.26 Å². The van der Waals surface area contributed by atoms with Gasteiger partial charge >= 0.3 is 0 Å². The minimum atomic E-state index is -0.488. The van der Waals surface area contributed by atoms with Gasteiger partial charge in [-0.05, 0) is 59.7 Å². The molecule has 1 heterocycles. The van der Waals surface area contributed by atoms with Crippen molar-refractivity contribution >= 4 is 29.3 Å². The van der Waals surface area contributed by atoms with Gasteiger partial charge in [-0.15, -0.1) is 0 Å². The topological polar surface area (TPSA) is 57.8 Å². The SMILES string of the molecule is N#C/C(=C\c1cc(-c2ccccc2)n(-c2ccccc2)c1-c1ccccc1)C(=O)Nc1ccc(Cl)cc1. The Morgan fingerprint density at radius 1 is 0.784 bits per heavy atom. The number of amides is 1. The second kappa shape index (κ2) is 10.8.